The van der Waals surface area contributed by atoms with E-state index in [0.29, 0.717) is 17.3 Å². The standard InChI is InChI=1S/C14H15N3O2/c1-10-6-7-13(15-9-10)17-14(18)16-11-4-3-5-12(8-11)19-2/h3-9H,1-2H3,(H2,15,16,17,18). The predicted octanol–water partition coefficient (Wildman–Crippen LogP) is 3.04. The van der Waals surface area contributed by atoms with E-state index in [-0.39, 0.29) is 6.03 Å². The number of urea groups is 1. The second kappa shape index (κ2) is 5.86. The first-order chi connectivity index (χ1) is 9.17. The average molecular weight is 257 g/mol. The quantitative estimate of drug-likeness (QED) is 0.888. The van der Waals surface area contributed by atoms with Gasteiger partial charge in [0.1, 0.15) is 11.6 Å². The molecule has 19 heavy (non-hydrogen) atoms. The first kappa shape index (κ1) is 12.9. The summed E-state index contributed by atoms with van der Waals surface area (Å²) in [6.07, 6.45) is 1.70. The number of pyridine rings is 1. The maximum absolute atomic E-state index is 11.8. The van der Waals surface area contributed by atoms with Crippen LogP contribution in [0, 0.1) is 6.92 Å². The van der Waals surface area contributed by atoms with Gasteiger partial charge in [-0.05, 0) is 30.7 Å². The molecule has 0 radical (unpaired) electrons. The highest BCUT2D eigenvalue weighted by atomic mass is 16.5. The van der Waals surface area contributed by atoms with Crippen LogP contribution in [0.4, 0.5) is 16.3 Å². The maximum atomic E-state index is 11.8. The molecule has 1 aromatic heterocycles. The van der Waals surface area contributed by atoms with Gasteiger partial charge in [-0.25, -0.2) is 9.78 Å². The molecule has 0 bridgehead atoms. The number of benzene rings is 1. The van der Waals surface area contributed by atoms with Gasteiger partial charge >= 0.3 is 6.03 Å². The summed E-state index contributed by atoms with van der Waals surface area (Å²) in [6, 6.07) is 10.4. The Balaban J connectivity index is 1.99. The van der Waals surface area contributed by atoms with E-state index < -0.39 is 0 Å². The molecule has 5 heteroatoms. The number of anilines is 2. The van der Waals surface area contributed by atoms with Gasteiger partial charge in [-0.1, -0.05) is 12.1 Å². The highest BCUT2D eigenvalue weighted by Crippen LogP contribution is 2.16. The fourth-order valence-electron chi connectivity index (χ4n) is 1.52. The Kier molecular flexibility index (Phi) is 3.97. The van der Waals surface area contributed by atoms with Gasteiger partial charge in [0.2, 0.25) is 0 Å². The van der Waals surface area contributed by atoms with Gasteiger partial charge in [0.05, 0.1) is 7.11 Å². The molecule has 2 rings (SSSR count). The molecular weight excluding hydrogens is 242 g/mol. The van der Waals surface area contributed by atoms with E-state index in [2.05, 4.69) is 15.6 Å². The number of amides is 2. The van der Waals surface area contributed by atoms with E-state index in [9.17, 15) is 4.79 Å². The molecule has 0 spiro atoms. The number of nitrogens with zero attached hydrogens (tertiary/aromatic N) is 1. The minimum atomic E-state index is -0.343. The number of carbonyl (C=O) groups excluding carboxylic acids is 1. The molecule has 0 atom stereocenters. The highest BCUT2D eigenvalue weighted by molar-refractivity contribution is 5.99. The van der Waals surface area contributed by atoms with Gasteiger partial charge in [-0.3, -0.25) is 5.32 Å². The molecule has 0 aliphatic heterocycles. The van der Waals surface area contributed by atoms with E-state index in [4.69, 9.17) is 4.74 Å². The van der Waals surface area contributed by atoms with E-state index in [0.717, 1.165) is 5.56 Å². The SMILES string of the molecule is COc1cccc(NC(=O)Nc2ccc(C)cn2)c1. The molecule has 1 aromatic carbocycles. The third-order valence-electron chi connectivity index (χ3n) is 2.48. The van der Waals surface area contributed by atoms with Crippen LogP contribution in [0.25, 0.3) is 0 Å². The predicted molar refractivity (Wildman–Crippen MR) is 74.6 cm³/mol. The maximum Gasteiger partial charge on any atom is 0.324 e. The summed E-state index contributed by atoms with van der Waals surface area (Å²) in [7, 11) is 1.58. The minimum Gasteiger partial charge on any atom is -0.497 e. The summed E-state index contributed by atoms with van der Waals surface area (Å²) >= 11 is 0. The Morgan fingerprint density at radius 1 is 1.21 bits per heavy atom. The summed E-state index contributed by atoms with van der Waals surface area (Å²) < 4.78 is 5.08. The number of hydrogen-bond donors (Lipinski definition) is 2. The van der Waals surface area contributed by atoms with Crippen molar-refractivity contribution in [1.29, 1.82) is 0 Å². The zero-order valence-corrected chi connectivity index (χ0v) is 10.8. The number of carbonyl (C=O) groups is 1. The summed E-state index contributed by atoms with van der Waals surface area (Å²) in [5, 5.41) is 5.36. The normalized spacial score (nSPS) is 9.79. The van der Waals surface area contributed by atoms with Crippen LogP contribution < -0.4 is 15.4 Å². The van der Waals surface area contributed by atoms with Gasteiger partial charge in [-0.2, -0.15) is 0 Å². The van der Waals surface area contributed by atoms with Gasteiger partial charge in [0.15, 0.2) is 0 Å². The van der Waals surface area contributed by atoms with Crippen LogP contribution >= 0.6 is 0 Å². The molecule has 2 N–H and O–H groups in total. The van der Waals surface area contributed by atoms with Crippen LogP contribution in [0.3, 0.4) is 0 Å². The lowest BCUT2D eigenvalue weighted by molar-refractivity contribution is 0.262. The monoisotopic (exact) mass is 257 g/mol. The lowest BCUT2D eigenvalue weighted by atomic mass is 10.3. The van der Waals surface area contributed by atoms with Gasteiger partial charge in [-0.15, -0.1) is 0 Å². The third-order valence-corrected chi connectivity index (χ3v) is 2.48. The zero-order valence-electron chi connectivity index (χ0n) is 10.8. The summed E-state index contributed by atoms with van der Waals surface area (Å²) in [5.74, 6) is 1.19. The number of nitrogens with one attached hydrogen (secondary N) is 2. The number of aromatic nitrogens is 1. The highest BCUT2D eigenvalue weighted by Gasteiger charge is 2.04. The van der Waals surface area contributed by atoms with Crippen molar-refractivity contribution < 1.29 is 9.53 Å². The molecule has 5 nitrogen and oxygen atoms in total. The molecule has 0 saturated carbocycles. The van der Waals surface area contributed by atoms with E-state index in [1.807, 2.05) is 19.1 Å². The Bertz CT molecular complexity index is 567. The minimum absolute atomic E-state index is 0.343. The first-order valence-corrected chi connectivity index (χ1v) is 5.82. The Morgan fingerprint density at radius 3 is 2.74 bits per heavy atom. The molecule has 0 aliphatic carbocycles. The summed E-state index contributed by atoms with van der Waals surface area (Å²) in [5.41, 5.74) is 1.70. The number of hydrogen-bond acceptors (Lipinski definition) is 3. The molecule has 0 unspecified atom stereocenters. The second-order valence-corrected chi connectivity index (χ2v) is 4.03. The summed E-state index contributed by atoms with van der Waals surface area (Å²) in [6.45, 7) is 1.94. The molecule has 2 aromatic rings. The Labute approximate surface area is 111 Å². The van der Waals surface area contributed by atoms with Crippen LogP contribution in [-0.4, -0.2) is 18.1 Å². The largest absolute Gasteiger partial charge is 0.497 e. The van der Waals surface area contributed by atoms with Crippen LogP contribution in [0.1, 0.15) is 5.56 Å². The number of ether oxygens (including phenoxy) is 1. The van der Waals surface area contributed by atoms with Crippen molar-refractivity contribution in [3.8, 4) is 5.75 Å². The molecule has 0 fully saturated rings. The van der Waals surface area contributed by atoms with E-state index >= 15 is 0 Å². The van der Waals surface area contributed by atoms with Crippen molar-refractivity contribution >= 4 is 17.5 Å². The summed E-state index contributed by atoms with van der Waals surface area (Å²) in [4.78, 5) is 15.9. The van der Waals surface area contributed by atoms with Crippen molar-refractivity contribution in [2.24, 2.45) is 0 Å². The van der Waals surface area contributed by atoms with Crippen molar-refractivity contribution in [2.45, 2.75) is 6.92 Å². The number of aryl methyl sites for hydroxylation is 1. The van der Waals surface area contributed by atoms with Gasteiger partial charge in [0, 0.05) is 18.0 Å². The number of rotatable bonds is 3. The lowest BCUT2D eigenvalue weighted by Gasteiger charge is -2.08. The molecule has 98 valence electrons. The van der Waals surface area contributed by atoms with Crippen molar-refractivity contribution in [3.63, 3.8) is 0 Å². The average Bonchev–Trinajstić information content (AvgIpc) is 2.41. The second-order valence-electron chi connectivity index (χ2n) is 4.03. The van der Waals surface area contributed by atoms with E-state index in [1.165, 1.54) is 0 Å². The lowest BCUT2D eigenvalue weighted by Crippen LogP contribution is -2.20. The van der Waals surface area contributed by atoms with Gasteiger partial charge in [0.25, 0.3) is 0 Å². The molecule has 0 saturated heterocycles. The molecular formula is C14H15N3O2. The smallest absolute Gasteiger partial charge is 0.324 e. The molecule has 1 heterocycles. The Morgan fingerprint density at radius 2 is 2.05 bits per heavy atom. The van der Waals surface area contributed by atoms with Crippen LogP contribution in [0.15, 0.2) is 42.6 Å². The van der Waals surface area contributed by atoms with Gasteiger partial charge < -0.3 is 10.1 Å². The molecule has 2 amide bonds. The van der Waals surface area contributed by atoms with Crippen molar-refractivity contribution in [3.05, 3.63) is 48.2 Å². The zero-order chi connectivity index (χ0) is 13.7. The van der Waals surface area contributed by atoms with Crippen molar-refractivity contribution in [2.75, 3.05) is 17.7 Å². The van der Waals surface area contributed by atoms with E-state index in [1.54, 1.807) is 37.6 Å². The number of methoxy groups -OCH3 is 1. The van der Waals surface area contributed by atoms with Crippen LogP contribution in [0.2, 0.25) is 0 Å². The fourth-order valence-corrected chi connectivity index (χ4v) is 1.52. The topological polar surface area (TPSA) is 63.2 Å². The fraction of sp³-hybridized carbons (Fsp3) is 0.143. The van der Waals surface area contributed by atoms with Crippen LogP contribution in [0.5, 0.6) is 5.75 Å². The van der Waals surface area contributed by atoms with Crippen molar-refractivity contribution in [1.82, 2.24) is 4.98 Å². The van der Waals surface area contributed by atoms with Crippen LogP contribution in [-0.2, 0) is 0 Å². The Hall–Kier alpha value is -2.56. The third kappa shape index (κ3) is 3.70. The first-order valence-electron chi connectivity index (χ1n) is 5.82. The molecule has 0 aliphatic rings.